The molecule has 0 radical (unpaired) electrons. The number of carbonyl (C=O) groups excluding carboxylic acids is 1. The van der Waals surface area contributed by atoms with Crippen molar-refractivity contribution in [1.29, 1.82) is 0 Å². The Morgan fingerprint density at radius 1 is 0.963 bits per heavy atom. The third kappa shape index (κ3) is 4.28. The molecule has 3 heterocycles. The van der Waals surface area contributed by atoms with Crippen LogP contribution in [-0.4, -0.2) is 71.4 Å². The number of pyridine rings is 1. The van der Waals surface area contributed by atoms with Gasteiger partial charge in [-0.15, -0.1) is 0 Å². The first-order valence-corrected chi connectivity index (χ1v) is 9.95. The zero-order valence-electron chi connectivity index (χ0n) is 15.7. The summed E-state index contributed by atoms with van der Waals surface area (Å²) in [5.41, 5.74) is 1.81. The minimum Gasteiger partial charge on any atom is -0.342 e. The predicted octanol–water partition coefficient (Wildman–Crippen LogP) is 2.50. The maximum absolute atomic E-state index is 14.0. The van der Waals surface area contributed by atoms with Gasteiger partial charge in [-0.05, 0) is 43.0 Å². The molecule has 1 amide bonds. The molecule has 0 unspecified atom stereocenters. The first-order valence-electron chi connectivity index (χ1n) is 9.95. The summed E-state index contributed by atoms with van der Waals surface area (Å²) in [6.45, 7) is 6.76. The van der Waals surface area contributed by atoms with Gasteiger partial charge in [-0.1, -0.05) is 6.07 Å². The molecule has 0 spiro atoms. The standard InChI is InChI=1S/C21H27FN4O/c22-19-7-6-17(21-18(19)5-4-8-23-21)15-24-11-13-25(14-12-24)16-20(27)26-9-2-1-3-10-26/h4-8H,1-3,9-16H2. The minimum atomic E-state index is -0.220. The van der Waals surface area contributed by atoms with Crippen LogP contribution in [-0.2, 0) is 11.3 Å². The number of fused-ring (bicyclic) bond motifs is 1. The summed E-state index contributed by atoms with van der Waals surface area (Å²) in [7, 11) is 0. The van der Waals surface area contributed by atoms with E-state index in [0.29, 0.717) is 11.9 Å². The molecule has 27 heavy (non-hydrogen) atoms. The van der Waals surface area contributed by atoms with Crippen LogP contribution in [0.4, 0.5) is 4.39 Å². The third-order valence-corrected chi connectivity index (χ3v) is 5.73. The molecule has 4 rings (SSSR count). The van der Waals surface area contributed by atoms with Crippen LogP contribution in [0.25, 0.3) is 10.9 Å². The average molecular weight is 370 g/mol. The summed E-state index contributed by atoms with van der Waals surface area (Å²) in [4.78, 5) is 23.5. The predicted molar refractivity (Wildman–Crippen MR) is 104 cm³/mol. The number of amides is 1. The normalized spacial score (nSPS) is 19.5. The molecule has 5 nitrogen and oxygen atoms in total. The molecule has 144 valence electrons. The molecule has 1 aromatic heterocycles. The summed E-state index contributed by atoms with van der Waals surface area (Å²) in [6.07, 6.45) is 5.24. The van der Waals surface area contributed by atoms with Crippen LogP contribution >= 0.6 is 0 Å². The number of nitrogens with zero attached hydrogens (tertiary/aromatic N) is 4. The number of hydrogen-bond donors (Lipinski definition) is 0. The molecule has 1 aromatic carbocycles. The van der Waals surface area contributed by atoms with E-state index in [-0.39, 0.29) is 11.7 Å². The molecule has 2 aliphatic rings. The van der Waals surface area contributed by atoms with Gasteiger partial charge in [0.25, 0.3) is 0 Å². The lowest BCUT2D eigenvalue weighted by Crippen LogP contribution is -2.50. The van der Waals surface area contributed by atoms with Crippen LogP contribution in [0, 0.1) is 5.82 Å². The minimum absolute atomic E-state index is 0.220. The SMILES string of the molecule is O=C(CN1CCN(Cc2ccc(F)c3cccnc23)CC1)N1CCCCC1. The Labute approximate surface area is 159 Å². The van der Waals surface area contributed by atoms with E-state index >= 15 is 0 Å². The lowest BCUT2D eigenvalue weighted by molar-refractivity contribution is -0.133. The van der Waals surface area contributed by atoms with Crippen LogP contribution in [0.2, 0.25) is 0 Å². The average Bonchev–Trinajstić information content (AvgIpc) is 2.72. The van der Waals surface area contributed by atoms with E-state index < -0.39 is 0 Å². The highest BCUT2D eigenvalue weighted by atomic mass is 19.1. The summed E-state index contributed by atoms with van der Waals surface area (Å²) in [6, 6.07) is 6.93. The van der Waals surface area contributed by atoms with E-state index in [0.717, 1.165) is 69.7 Å². The van der Waals surface area contributed by atoms with Crippen LogP contribution in [0.15, 0.2) is 30.5 Å². The molecule has 0 aliphatic carbocycles. The number of piperazine rings is 1. The Kier molecular flexibility index (Phi) is 5.64. The Bertz CT molecular complexity index is 798. The number of aromatic nitrogens is 1. The Hall–Kier alpha value is -2.05. The third-order valence-electron chi connectivity index (χ3n) is 5.73. The van der Waals surface area contributed by atoms with Gasteiger partial charge in [0.15, 0.2) is 0 Å². The van der Waals surface area contributed by atoms with Crippen molar-refractivity contribution in [2.45, 2.75) is 25.8 Å². The highest BCUT2D eigenvalue weighted by molar-refractivity contribution is 5.82. The summed E-state index contributed by atoms with van der Waals surface area (Å²) >= 11 is 0. The van der Waals surface area contributed by atoms with Crippen molar-refractivity contribution in [3.63, 3.8) is 0 Å². The molecule has 2 fully saturated rings. The van der Waals surface area contributed by atoms with Crippen molar-refractivity contribution in [3.05, 3.63) is 41.8 Å². The zero-order valence-corrected chi connectivity index (χ0v) is 15.7. The van der Waals surface area contributed by atoms with Crippen molar-refractivity contribution in [3.8, 4) is 0 Å². The van der Waals surface area contributed by atoms with E-state index in [1.54, 1.807) is 18.3 Å². The Balaban J connectivity index is 1.32. The van der Waals surface area contributed by atoms with Gasteiger partial charge in [0, 0.05) is 57.4 Å². The van der Waals surface area contributed by atoms with Crippen LogP contribution in [0.5, 0.6) is 0 Å². The summed E-state index contributed by atoms with van der Waals surface area (Å²) < 4.78 is 14.0. The van der Waals surface area contributed by atoms with Gasteiger partial charge in [0.05, 0.1) is 12.1 Å². The smallest absolute Gasteiger partial charge is 0.236 e. The van der Waals surface area contributed by atoms with E-state index in [1.165, 1.54) is 12.5 Å². The lowest BCUT2D eigenvalue weighted by Gasteiger charge is -2.36. The zero-order chi connectivity index (χ0) is 18.6. The number of hydrogen-bond acceptors (Lipinski definition) is 4. The summed E-state index contributed by atoms with van der Waals surface area (Å²) in [5.74, 6) is 0.0553. The maximum atomic E-state index is 14.0. The topological polar surface area (TPSA) is 39.7 Å². The number of likely N-dealkylation sites (tertiary alicyclic amines) is 1. The fourth-order valence-electron chi connectivity index (χ4n) is 4.10. The van der Waals surface area contributed by atoms with Crippen LogP contribution in [0.1, 0.15) is 24.8 Å². The largest absolute Gasteiger partial charge is 0.342 e. The van der Waals surface area contributed by atoms with Crippen LogP contribution < -0.4 is 0 Å². The van der Waals surface area contributed by atoms with Gasteiger partial charge in [0.1, 0.15) is 5.82 Å². The molecule has 2 saturated heterocycles. The number of benzene rings is 1. The molecular weight excluding hydrogens is 343 g/mol. The second kappa shape index (κ2) is 8.31. The molecule has 2 aromatic rings. The molecule has 0 bridgehead atoms. The molecule has 6 heteroatoms. The van der Waals surface area contributed by atoms with Crippen molar-refractivity contribution in [1.82, 2.24) is 19.7 Å². The Morgan fingerprint density at radius 2 is 1.70 bits per heavy atom. The second-order valence-corrected chi connectivity index (χ2v) is 7.60. The lowest BCUT2D eigenvalue weighted by atomic mass is 10.1. The molecule has 0 saturated carbocycles. The Morgan fingerprint density at radius 3 is 2.48 bits per heavy atom. The van der Waals surface area contributed by atoms with E-state index in [9.17, 15) is 9.18 Å². The monoisotopic (exact) mass is 370 g/mol. The first-order chi connectivity index (χ1) is 13.2. The summed E-state index contributed by atoms with van der Waals surface area (Å²) in [5, 5.41) is 0.584. The number of carbonyl (C=O) groups is 1. The van der Waals surface area contributed by atoms with Gasteiger partial charge >= 0.3 is 0 Å². The van der Waals surface area contributed by atoms with Gasteiger partial charge in [0.2, 0.25) is 5.91 Å². The first kappa shape index (κ1) is 18.3. The van der Waals surface area contributed by atoms with Crippen molar-refractivity contribution < 1.29 is 9.18 Å². The highest BCUT2D eigenvalue weighted by Crippen LogP contribution is 2.21. The van der Waals surface area contributed by atoms with Crippen molar-refractivity contribution in [2.75, 3.05) is 45.8 Å². The fraction of sp³-hybridized carbons (Fsp3) is 0.524. The van der Waals surface area contributed by atoms with Crippen LogP contribution in [0.3, 0.4) is 0 Å². The van der Waals surface area contributed by atoms with Gasteiger partial charge in [-0.3, -0.25) is 19.6 Å². The fourth-order valence-corrected chi connectivity index (χ4v) is 4.10. The number of piperidine rings is 1. The number of rotatable bonds is 4. The quantitative estimate of drug-likeness (QED) is 0.829. The molecule has 0 N–H and O–H groups in total. The highest BCUT2D eigenvalue weighted by Gasteiger charge is 2.23. The van der Waals surface area contributed by atoms with Gasteiger partial charge in [-0.25, -0.2) is 4.39 Å². The number of halogens is 1. The maximum Gasteiger partial charge on any atom is 0.236 e. The van der Waals surface area contributed by atoms with E-state index in [2.05, 4.69) is 14.8 Å². The molecular formula is C21H27FN4O. The molecule has 0 atom stereocenters. The van der Waals surface area contributed by atoms with Gasteiger partial charge < -0.3 is 4.90 Å². The van der Waals surface area contributed by atoms with E-state index in [4.69, 9.17) is 0 Å². The molecule has 2 aliphatic heterocycles. The van der Waals surface area contributed by atoms with E-state index in [1.807, 2.05) is 11.0 Å². The van der Waals surface area contributed by atoms with Gasteiger partial charge in [-0.2, -0.15) is 0 Å². The van der Waals surface area contributed by atoms with Crippen molar-refractivity contribution >= 4 is 16.8 Å². The second-order valence-electron chi connectivity index (χ2n) is 7.60. The van der Waals surface area contributed by atoms with Crippen molar-refractivity contribution in [2.24, 2.45) is 0 Å².